The van der Waals surface area contributed by atoms with E-state index in [1.165, 1.54) is 11.9 Å². The molecule has 1 aromatic rings. The number of hydrogen-bond donors (Lipinski definition) is 2. The second kappa shape index (κ2) is 5.57. The Labute approximate surface area is 107 Å². The van der Waals surface area contributed by atoms with Crippen LogP contribution >= 0.6 is 0 Å². The molecule has 3 N–H and O–H groups in total. The van der Waals surface area contributed by atoms with Gasteiger partial charge in [0.05, 0.1) is 12.2 Å². The van der Waals surface area contributed by atoms with Crippen molar-refractivity contribution >= 4 is 17.5 Å². The van der Waals surface area contributed by atoms with Crippen LogP contribution < -0.4 is 11.1 Å². The van der Waals surface area contributed by atoms with E-state index in [0.717, 1.165) is 0 Å². The summed E-state index contributed by atoms with van der Waals surface area (Å²) in [7, 11) is 3.13. The maximum atomic E-state index is 12.2. The molecule has 1 heterocycles. The minimum atomic E-state index is -0.219. The van der Waals surface area contributed by atoms with E-state index < -0.39 is 0 Å². The predicted octanol–water partition coefficient (Wildman–Crippen LogP) is 0.469. The van der Waals surface area contributed by atoms with Gasteiger partial charge in [0, 0.05) is 26.3 Å². The highest BCUT2D eigenvalue weighted by Crippen LogP contribution is 2.17. The Morgan fingerprint density at radius 3 is 2.61 bits per heavy atom. The van der Waals surface area contributed by atoms with Gasteiger partial charge < -0.3 is 20.5 Å². The number of nitrogens with one attached hydrogen (secondary N) is 1. The van der Waals surface area contributed by atoms with Crippen LogP contribution in [0.3, 0.4) is 0 Å². The molecule has 0 bridgehead atoms. The second-order valence-corrected chi connectivity index (χ2v) is 4.49. The fraction of sp³-hybridized carbons (Fsp3) is 0.500. The van der Waals surface area contributed by atoms with Crippen molar-refractivity contribution in [3.63, 3.8) is 0 Å². The number of nitrogens with two attached hydrogens (primary N) is 1. The van der Waals surface area contributed by atoms with Crippen molar-refractivity contribution in [2.45, 2.75) is 19.9 Å². The van der Waals surface area contributed by atoms with Crippen molar-refractivity contribution in [3.8, 4) is 0 Å². The maximum Gasteiger partial charge on any atom is 0.270 e. The lowest BCUT2D eigenvalue weighted by atomic mass is 10.3. The number of hydrogen-bond acceptors (Lipinski definition) is 3. The zero-order valence-corrected chi connectivity index (χ0v) is 11.2. The van der Waals surface area contributed by atoms with Gasteiger partial charge in [0.25, 0.3) is 5.91 Å². The molecule has 0 saturated heterocycles. The summed E-state index contributed by atoms with van der Waals surface area (Å²) in [4.78, 5) is 24.8. The molecule has 100 valence electrons. The Balaban J connectivity index is 2.93. The fourth-order valence-corrected chi connectivity index (χ4v) is 1.66. The van der Waals surface area contributed by atoms with E-state index >= 15 is 0 Å². The van der Waals surface area contributed by atoms with Gasteiger partial charge in [0.15, 0.2) is 0 Å². The topological polar surface area (TPSA) is 80.4 Å². The number of amides is 2. The van der Waals surface area contributed by atoms with E-state index in [9.17, 15) is 9.59 Å². The summed E-state index contributed by atoms with van der Waals surface area (Å²) in [5.74, 6) is -0.425. The van der Waals surface area contributed by atoms with Crippen LogP contribution in [0.4, 0.5) is 5.69 Å². The standard InChI is InChI=1S/C12H20N4O2/c1-8(2)16-6-9(13)5-10(16)12(18)15(4)7-11(17)14-3/h5-6,8H,7,13H2,1-4H3,(H,14,17). The first-order valence-corrected chi connectivity index (χ1v) is 5.80. The zero-order valence-electron chi connectivity index (χ0n) is 11.2. The molecule has 1 rings (SSSR count). The first kappa shape index (κ1) is 14.1. The molecule has 0 saturated carbocycles. The Bertz CT molecular complexity index is 451. The van der Waals surface area contributed by atoms with Crippen LogP contribution in [0, 0.1) is 0 Å². The SMILES string of the molecule is CNC(=O)CN(C)C(=O)c1cc(N)cn1C(C)C. The third-order valence-corrected chi connectivity index (χ3v) is 2.65. The molecular weight excluding hydrogens is 232 g/mol. The average molecular weight is 252 g/mol. The molecule has 0 aromatic carbocycles. The van der Waals surface area contributed by atoms with E-state index in [2.05, 4.69) is 5.32 Å². The number of rotatable bonds is 4. The lowest BCUT2D eigenvalue weighted by molar-refractivity contribution is -0.121. The second-order valence-electron chi connectivity index (χ2n) is 4.49. The largest absolute Gasteiger partial charge is 0.397 e. The van der Waals surface area contributed by atoms with Crippen LogP contribution in [-0.4, -0.2) is 41.9 Å². The molecule has 0 aliphatic heterocycles. The molecule has 6 heteroatoms. The molecule has 0 radical (unpaired) electrons. The lowest BCUT2D eigenvalue weighted by Gasteiger charge is -2.18. The number of nitrogens with zero attached hydrogens (tertiary/aromatic N) is 2. The molecule has 2 amide bonds. The van der Waals surface area contributed by atoms with Crippen LogP contribution in [0.1, 0.15) is 30.4 Å². The van der Waals surface area contributed by atoms with Crippen molar-refractivity contribution in [1.82, 2.24) is 14.8 Å². The van der Waals surface area contributed by atoms with Crippen LogP contribution in [0.25, 0.3) is 0 Å². The Hall–Kier alpha value is -1.98. The van der Waals surface area contributed by atoms with E-state index in [4.69, 9.17) is 5.73 Å². The number of anilines is 1. The van der Waals surface area contributed by atoms with Gasteiger partial charge in [-0.1, -0.05) is 0 Å². The van der Waals surface area contributed by atoms with Crippen molar-refractivity contribution < 1.29 is 9.59 Å². The molecule has 0 aliphatic rings. The van der Waals surface area contributed by atoms with Gasteiger partial charge in [0.2, 0.25) is 5.91 Å². The fourth-order valence-electron chi connectivity index (χ4n) is 1.66. The van der Waals surface area contributed by atoms with Crippen molar-refractivity contribution in [1.29, 1.82) is 0 Å². The van der Waals surface area contributed by atoms with E-state index in [-0.39, 0.29) is 24.4 Å². The van der Waals surface area contributed by atoms with Gasteiger partial charge in [-0.25, -0.2) is 0 Å². The van der Waals surface area contributed by atoms with Crippen LogP contribution in [-0.2, 0) is 4.79 Å². The molecule has 0 fully saturated rings. The summed E-state index contributed by atoms with van der Waals surface area (Å²) in [6.45, 7) is 3.96. The van der Waals surface area contributed by atoms with Gasteiger partial charge >= 0.3 is 0 Å². The Morgan fingerprint density at radius 1 is 1.50 bits per heavy atom. The quantitative estimate of drug-likeness (QED) is 0.817. The highest BCUT2D eigenvalue weighted by molar-refractivity contribution is 5.96. The highest BCUT2D eigenvalue weighted by atomic mass is 16.2. The summed E-state index contributed by atoms with van der Waals surface area (Å²) >= 11 is 0. The van der Waals surface area contributed by atoms with Crippen molar-refractivity contribution in [2.75, 3.05) is 26.4 Å². The number of likely N-dealkylation sites (N-methyl/N-ethyl adjacent to an activating group) is 2. The summed E-state index contributed by atoms with van der Waals surface area (Å²) in [6.07, 6.45) is 1.73. The molecule has 0 spiro atoms. The third-order valence-electron chi connectivity index (χ3n) is 2.65. The summed E-state index contributed by atoms with van der Waals surface area (Å²) in [6, 6.07) is 1.76. The average Bonchev–Trinajstić information content (AvgIpc) is 2.70. The maximum absolute atomic E-state index is 12.2. The van der Waals surface area contributed by atoms with E-state index in [1.54, 1.807) is 23.9 Å². The molecule has 18 heavy (non-hydrogen) atoms. The molecule has 1 aromatic heterocycles. The molecule has 0 aliphatic carbocycles. The van der Waals surface area contributed by atoms with Crippen LogP contribution in [0.5, 0.6) is 0 Å². The minimum absolute atomic E-state index is 0.0263. The van der Waals surface area contributed by atoms with Crippen molar-refractivity contribution in [3.05, 3.63) is 18.0 Å². The summed E-state index contributed by atoms with van der Waals surface area (Å²) < 4.78 is 1.80. The normalized spacial score (nSPS) is 10.5. The summed E-state index contributed by atoms with van der Waals surface area (Å²) in [5.41, 5.74) is 6.75. The van der Waals surface area contributed by atoms with Gasteiger partial charge in [-0.2, -0.15) is 0 Å². The smallest absolute Gasteiger partial charge is 0.270 e. The van der Waals surface area contributed by atoms with Crippen LogP contribution in [0.2, 0.25) is 0 Å². The van der Waals surface area contributed by atoms with E-state index in [1.807, 2.05) is 13.8 Å². The lowest BCUT2D eigenvalue weighted by Crippen LogP contribution is -2.37. The van der Waals surface area contributed by atoms with E-state index in [0.29, 0.717) is 11.4 Å². The number of aromatic nitrogens is 1. The van der Waals surface area contributed by atoms with Gasteiger partial charge in [-0.05, 0) is 19.9 Å². The number of carbonyl (C=O) groups is 2. The number of carbonyl (C=O) groups excluding carboxylic acids is 2. The Kier molecular flexibility index (Phi) is 4.36. The molecule has 0 atom stereocenters. The molecular formula is C12H20N4O2. The first-order valence-electron chi connectivity index (χ1n) is 5.80. The van der Waals surface area contributed by atoms with Gasteiger partial charge in [-0.3, -0.25) is 9.59 Å². The zero-order chi connectivity index (χ0) is 13.9. The Morgan fingerprint density at radius 2 is 2.11 bits per heavy atom. The molecule has 6 nitrogen and oxygen atoms in total. The first-order chi connectivity index (χ1) is 8.36. The molecule has 0 unspecified atom stereocenters. The predicted molar refractivity (Wildman–Crippen MR) is 70.3 cm³/mol. The number of nitrogen functional groups attached to an aromatic ring is 1. The third kappa shape index (κ3) is 3.03. The van der Waals surface area contributed by atoms with Gasteiger partial charge in [-0.15, -0.1) is 0 Å². The minimum Gasteiger partial charge on any atom is -0.397 e. The highest BCUT2D eigenvalue weighted by Gasteiger charge is 2.19. The summed E-state index contributed by atoms with van der Waals surface area (Å²) in [5, 5.41) is 2.48. The van der Waals surface area contributed by atoms with Crippen molar-refractivity contribution in [2.24, 2.45) is 0 Å². The monoisotopic (exact) mass is 252 g/mol. The van der Waals surface area contributed by atoms with Gasteiger partial charge in [0.1, 0.15) is 5.69 Å². The van der Waals surface area contributed by atoms with Crippen LogP contribution in [0.15, 0.2) is 12.3 Å².